The first-order valence-corrected chi connectivity index (χ1v) is 8.24. The molecule has 0 bridgehead atoms. The summed E-state index contributed by atoms with van der Waals surface area (Å²) < 4.78 is 1.94. The third-order valence-corrected chi connectivity index (χ3v) is 4.02. The quantitative estimate of drug-likeness (QED) is 0.574. The number of hydrogen-bond donors (Lipinski definition) is 3. The molecule has 0 aromatic carbocycles. The van der Waals surface area contributed by atoms with Crippen LogP contribution in [-0.4, -0.2) is 32.0 Å². The van der Waals surface area contributed by atoms with E-state index >= 15 is 0 Å². The lowest BCUT2D eigenvalue weighted by Crippen LogP contribution is -2.08. The van der Waals surface area contributed by atoms with Crippen molar-refractivity contribution >= 4 is 17.4 Å². The minimum atomic E-state index is -0.812. The predicted molar refractivity (Wildman–Crippen MR) is 96.0 cm³/mol. The number of rotatable bonds is 7. The van der Waals surface area contributed by atoms with E-state index in [0.29, 0.717) is 13.0 Å². The SMILES string of the molecule is CCc1ccn2c(NCCCC(=O)O)c(-c3ccc(=O)[nH]c3)nc2c1. The van der Waals surface area contributed by atoms with E-state index in [2.05, 4.69) is 17.2 Å². The molecule has 0 fully saturated rings. The van der Waals surface area contributed by atoms with Crippen LogP contribution >= 0.6 is 0 Å². The highest BCUT2D eigenvalue weighted by Crippen LogP contribution is 2.28. The number of aromatic nitrogens is 3. The Morgan fingerprint density at radius 2 is 2.20 bits per heavy atom. The Bertz CT molecular complexity index is 938. The molecule has 130 valence electrons. The number of carbonyl (C=O) groups is 1. The van der Waals surface area contributed by atoms with Crippen LogP contribution in [0.4, 0.5) is 5.82 Å². The molecule has 25 heavy (non-hydrogen) atoms. The van der Waals surface area contributed by atoms with Gasteiger partial charge in [0.25, 0.3) is 0 Å². The molecule has 0 atom stereocenters. The van der Waals surface area contributed by atoms with Gasteiger partial charge < -0.3 is 15.4 Å². The van der Waals surface area contributed by atoms with Crippen molar-refractivity contribution in [3.63, 3.8) is 0 Å². The van der Waals surface area contributed by atoms with Crippen LogP contribution in [0.15, 0.2) is 41.5 Å². The summed E-state index contributed by atoms with van der Waals surface area (Å²) in [5.41, 5.74) is 3.34. The third kappa shape index (κ3) is 3.71. The monoisotopic (exact) mass is 340 g/mol. The van der Waals surface area contributed by atoms with Crippen molar-refractivity contribution in [2.45, 2.75) is 26.2 Å². The van der Waals surface area contributed by atoms with Crippen molar-refractivity contribution in [2.75, 3.05) is 11.9 Å². The van der Waals surface area contributed by atoms with Gasteiger partial charge in [-0.15, -0.1) is 0 Å². The first kappa shape index (κ1) is 16.8. The zero-order valence-electron chi connectivity index (χ0n) is 14.0. The van der Waals surface area contributed by atoms with Crippen LogP contribution in [-0.2, 0) is 11.2 Å². The smallest absolute Gasteiger partial charge is 0.303 e. The Hall–Kier alpha value is -3.09. The lowest BCUT2D eigenvalue weighted by atomic mass is 10.2. The summed E-state index contributed by atoms with van der Waals surface area (Å²) in [4.78, 5) is 29.4. The van der Waals surface area contributed by atoms with Gasteiger partial charge in [-0.05, 0) is 36.6 Å². The summed E-state index contributed by atoms with van der Waals surface area (Å²) in [6, 6.07) is 7.25. The minimum absolute atomic E-state index is 0.109. The zero-order chi connectivity index (χ0) is 17.8. The van der Waals surface area contributed by atoms with Gasteiger partial charge in [-0.3, -0.25) is 14.0 Å². The number of imidazole rings is 1. The molecular weight excluding hydrogens is 320 g/mol. The summed E-state index contributed by atoms with van der Waals surface area (Å²) >= 11 is 0. The summed E-state index contributed by atoms with van der Waals surface area (Å²) in [5.74, 6) is -0.0246. The number of aromatic amines is 1. The summed E-state index contributed by atoms with van der Waals surface area (Å²) in [7, 11) is 0. The molecule has 0 amide bonds. The number of aryl methyl sites for hydroxylation is 1. The molecular formula is C18H20N4O3. The molecule has 3 rings (SSSR count). The average molecular weight is 340 g/mol. The van der Waals surface area contributed by atoms with Crippen LogP contribution in [0.2, 0.25) is 0 Å². The molecule has 0 aliphatic carbocycles. The fourth-order valence-corrected chi connectivity index (χ4v) is 2.68. The Morgan fingerprint density at radius 1 is 1.36 bits per heavy atom. The molecule has 7 nitrogen and oxygen atoms in total. The van der Waals surface area contributed by atoms with E-state index in [9.17, 15) is 9.59 Å². The van der Waals surface area contributed by atoms with Crippen LogP contribution in [0.3, 0.4) is 0 Å². The van der Waals surface area contributed by atoms with E-state index in [1.807, 2.05) is 22.7 Å². The van der Waals surface area contributed by atoms with Gasteiger partial charge in [0.15, 0.2) is 0 Å². The fourth-order valence-electron chi connectivity index (χ4n) is 2.68. The molecule has 3 aromatic heterocycles. The van der Waals surface area contributed by atoms with Crippen LogP contribution < -0.4 is 10.9 Å². The van der Waals surface area contributed by atoms with Gasteiger partial charge in [-0.1, -0.05) is 6.92 Å². The third-order valence-electron chi connectivity index (χ3n) is 4.02. The fraction of sp³-hybridized carbons (Fsp3) is 0.278. The van der Waals surface area contributed by atoms with Crippen molar-refractivity contribution in [3.8, 4) is 11.3 Å². The van der Waals surface area contributed by atoms with Crippen molar-refractivity contribution in [3.05, 3.63) is 52.6 Å². The minimum Gasteiger partial charge on any atom is -0.481 e. The van der Waals surface area contributed by atoms with Gasteiger partial charge in [0.2, 0.25) is 5.56 Å². The Balaban J connectivity index is 2.00. The van der Waals surface area contributed by atoms with Crippen molar-refractivity contribution in [1.29, 1.82) is 0 Å². The largest absolute Gasteiger partial charge is 0.481 e. The van der Waals surface area contributed by atoms with Gasteiger partial charge in [0.1, 0.15) is 17.2 Å². The number of aliphatic carboxylic acids is 1. The second-order valence-electron chi connectivity index (χ2n) is 5.79. The van der Waals surface area contributed by atoms with E-state index in [1.54, 1.807) is 12.3 Å². The number of carboxylic acid groups (broad SMARTS) is 1. The van der Waals surface area contributed by atoms with Crippen molar-refractivity contribution in [2.24, 2.45) is 0 Å². The van der Waals surface area contributed by atoms with E-state index < -0.39 is 5.97 Å². The number of hydrogen-bond acceptors (Lipinski definition) is 4. The highest BCUT2D eigenvalue weighted by Gasteiger charge is 2.14. The molecule has 0 radical (unpaired) electrons. The second kappa shape index (κ2) is 7.21. The van der Waals surface area contributed by atoms with Crippen LogP contribution in [0.5, 0.6) is 0 Å². The molecule has 0 saturated heterocycles. The average Bonchev–Trinajstić information content (AvgIpc) is 2.96. The van der Waals surface area contributed by atoms with Crippen LogP contribution in [0.1, 0.15) is 25.3 Å². The van der Waals surface area contributed by atoms with E-state index in [-0.39, 0.29) is 12.0 Å². The molecule has 3 N–H and O–H groups in total. The molecule has 0 unspecified atom stereocenters. The van der Waals surface area contributed by atoms with Gasteiger partial charge in [0, 0.05) is 37.0 Å². The number of nitrogens with one attached hydrogen (secondary N) is 2. The topological polar surface area (TPSA) is 99.5 Å². The molecule has 0 spiro atoms. The Morgan fingerprint density at radius 3 is 2.88 bits per heavy atom. The van der Waals surface area contributed by atoms with Gasteiger partial charge >= 0.3 is 5.97 Å². The van der Waals surface area contributed by atoms with E-state index in [0.717, 1.165) is 29.1 Å². The Labute approximate surface area is 144 Å². The van der Waals surface area contributed by atoms with Crippen LogP contribution in [0.25, 0.3) is 16.9 Å². The maximum absolute atomic E-state index is 11.3. The number of pyridine rings is 2. The summed E-state index contributed by atoms with van der Waals surface area (Å²) in [6.45, 7) is 2.61. The van der Waals surface area contributed by atoms with Gasteiger partial charge in [-0.25, -0.2) is 4.98 Å². The molecule has 7 heteroatoms. The molecule has 0 aliphatic rings. The van der Waals surface area contributed by atoms with Crippen molar-refractivity contribution < 1.29 is 9.90 Å². The van der Waals surface area contributed by atoms with E-state index in [1.165, 1.54) is 11.6 Å². The second-order valence-corrected chi connectivity index (χ2v) is 5.79. The predicted octanol–water partition coefficient (Wildman–Crippen LogP) is 2.53. The molecule has 3 heterocycles. The maximum Gasteiger partial charge on any atom is 0.303 e. The first-order valence-electron chi connectivity index (χ1n) is 8.24. The number of anilines is 1. The highest BCUT2D eigenvalue weighted by atomic mass is 16.4. The maximum atomic E-state index is 11.3. The van der Waals surface area contributed by atoms with Gasteiger partial charge in [0.05, 0.1) is 0 Å². The normalized spacial score (nSPS) is 10.9. The first-order chi connectivity index (χ1) is 12.1. The van der Waals surface area contributed by atoms with Crippen molar-refractivity contribution in [1.82, 2.24) is 14.4 Å². The number of fused-ring (bicyclic) bond motifs is 1. The molecule has 3 aromatic rings. The highest BCUT2D eigenvalue weighted by molar-refractivity contribution is 5.76. The number of H-pyrrole nitrogens is 1. The molecule has 0 aliphatic heterocycles. The lowest BCUT2D eigenvalue weighted by molar-refractivity contribution is -0.137. The Kier molecular flexibility index (Phi) is 4.83. The molecule has 0 saturated carbocycles. The standard InChI is InChI=1S/C18H20N4O3/c1-2-12-7-9-22-14(10-12)21-17(13-5-6-15(23)20-11-13)18(22)19-8-3-4-16(24)25/h5-7,9-11,19H,2-4,8H2,1H3,(H,20,23)(H,24,25). The van der Waals surface area contributed by atoms with Crippen LogP contribution in [0, 0.1) is 0 Å². The van der Waals surface area contributed by atoms with E-state index in [4.69, 9.17) is 10.1 Å². The number of nitrogens with zero attached hydrogens (tertiary/aromatic N) is 2. The number of carboxylic acids is 1. The van der Waals surface area contributed by atoms with Gasteiger partial charge in [-0.2, -0.15) is 0 Å². The summed E-state index contributed by atoms with van der Waals surface area (Å²) in [5, 5.41) is 12.1. The lowest BCUT2D eigenvalue weighted by Gasteiger charge is -2.08. The zero-order valence-corrected chi connectivity index (χ0v) is 14.0. The summed E-state index contributed by atoms with van der Waals surface area (Å²) in [6.07, 6.45) is 5.13.